The van der Waals surface area contributed by atoms with E-state index in [1.807, 2.05) is 0 Å². The summed E-state index contributed by atoms with van der Waals surface area (Å²) in [5, 5.41) is 10.5. The minimum Gasteiger partial charge on any atom is -0.481 e. The van der Waals surface area contributed by atoms with Crippen LogP contribution in [0.3, 0.4) is 0 Å². The van der Waals surface area contributed by atoms with Gasteiger partial charge in [-0.15, -0.1) is 11.3 Å². The first-order valence-electron chi connectivity index (χ1n) is 5.54. The molecule has 0 aliphatic rings. The first kappa shape index (κ1) is 13.8. The molecule has 2 rings (SSSR count). The summed E-state index contributed by atoms with van der Waals surface area (Å²) in [6, 6.07) is 9.96. The quantitative estimate of drug-likeness (QED) is 0.919. The average molecular weight is 296 g/mol. The maximum Gasteiger partial charge on any atom is 0.307 e. The molecule has 0 spiro atoms. The number of hydrogen-bond acceptors (Lipinski definition) is 4. The van der Waals surface area contributed by atoms with Gasteiger partial charge in [-0.05, 0) is 22.6 Å². The second-order valence-electron chi connectivity index (χ2n) is 4.03. The van der Waals surface area contributed by atoms with Gasteiger partial charge in [-0.25, -0.2) is 8.42 Å². The van der Waals surface area contributed by atoms with Gasteiger partial charge >= 0.3 is 5.97 Å². The molecule has 0 aliphatic heterocycles. The Morgan fingerprint density at radius 3 is 2.37 bits per heavy atom. The van der Waals surface area contributed by atoms with Crippen molar-refractivity contribution in [3.05, 3.63) is 52.9 Å². The maximum atomic E-state index is 12.2. The molecule has 0 saturated heterocycles. The maximum absolute atomic E-state index is 12.2. The van der Waals surface area contributed by atoms with Crippen LogP contribution in [0, 0.1) is 0 Å². The molecule has 0 fully saturated rings. The lowest BCUT2D eigenvalue weighted by molar-refractivity contribution is -0.136. The number of hydrogen-bond donors (Lipinski definition) is 1. The average Bonchev–Trinajstić information content (AvgIpc) is 2.85. The van der Waals surface area contributed by atoms with E-state index in [1.54, 1.807) is 41.8 Å². The Hall–Kier alpha value is -1.66. The monoisotopic (exact) mass is 296 g/mol. The number of rotatable bonds is 5. The van der Waals surface area contributed by atoms with Gasteiger partial charge in [0.05, 0.1) is 12.2 Å². The molecule has 0 radical (unpaired) electrons. The number of thiophene rings is 1. The third-order valence-corrected chi connectivity index (χ3v) is 5.76. The van der Waals surface area contributed by atoms with Gasteiger partial charge in [0.15, 0.2) is 9.84 Å². The predicted octanol–water partition coefficient (Wildman–Crippen LogP) is 2.35. The van der Waals surface area contributed by atoms with Crippen molar-refractivity contribution >= 4 is 27.1 Å². The smallest absolute Gasteiger partial charge is 0.307 e. The lowest BCUT2D eigenvalue weighted by Gasteiger charge is -2.07. The number of sulfone groups is 1. The minimum atomic E-state index is -3.40. The fraction of sp³-hybridized carbons (Fsp3) is 0.154. The predicted molar refractivity (Wildman–Crippen MR) is 73.0 cm³/mol. The number of carboxylic acids is 1. The van der Waals surface area contributed by atoms with E-state index in [1.165, 1.54) is 0 Å². The molecule has 4 nitrogen and oxygen atoms in total. The van der Waals surface area contributed by atoms with E-state index in [4.69, 9.17) is 5.11 Å². The second kappa shape index (κ2) is 5.54. The zero-order chi connectivity index (χ0) is 13.9. The van der Waals surface area contributed by atoms with Gasteiger partial charge in [0.2, 0.25) is 0 Å². The minimum absolute atomic E-state index is 0.170. The van der Waals surface area contributed by atoms with Crippen LogP contribution in [-0.2, 0) is 26.8 Å². The number of benzene rings is 1. The van der Waals surface area contributed by atoms with Gasteiger partial charge in [-0.1, -0.05) is 30.3 Å². The van der Waals surface area contributed by atoms with Gasteiger partial charge in [-0.2, -0.15) is 0 Å². The largest absolute Gasteiger partial charge is 0.481 e. The summed E-state index contributed by atoms with van der Waals surface area (Å²) in [5.41, 5.74) is 1.08. The molecular formula is C13H12O4S2. The van der Waals surface area contributed by atoms with Gasteiger partial charge in [0.1, 0.15) is 4.21 Å². The van der Waals surface area contributed by atoms with Crippen LogP contribution in [0.15, 0.2) is 46.0 Å². The Bertz CT molecular complexity index is 672. The van der Waals surface area contributed by atoms with E-state index < -0.39 is 15.8 Å². The summed E-state index contributed by atoms with van der Waals surface area (Å²) in [7, 11) is -3.40. The van der Waals surface area contributed by atoms with Crippen molar-refractivity contribution in [2.24, 2.45) is 0 Å². The highest BCUT2D eigenvalue weighted by Gasteiger charge is 2.18. The summed E-state index contributed by atoms with van der Waals surface area (Å²) in [5.74, 6) is -1.14. The van der Waals surface area contributed by atoms with Gasteiger partial charge in [-0.3, -0.25) is 4.79 Å². The van der Waals surface area contributed by atoms with Gasteiger partial charge in [0, 0.05) is 0 Å². The van der Waals surface area contributed by atoms with Crippen LogP contribution in [-0.4, -0.2) is 19.5 Å². The lowest BCUT2D eigenvalue weighted by Crippen LogP contribution is -2.08. The van der Waals surface area contributed by atoms with E-state index in [0.717, 1.165) is 11.3 Å². The number of carbonyl (C=O) groups is 1. The molecule has 1 heterocycles. The molecule has 1 aromatic carbocycles. The molecule has 6 heteroatoms. The highest BCUT2D eigenvalue weighted by Crippen LogP contribution is 2.22. The SMILES string of the molecule is O=C(O)Cc1ccccc1CS(=O)(=O)c1cccs1. The van der Waals surface area contributed by atoms with Crippen LogP contribution in [0.1, 0.15) is 11.1 Å². The Balaban J connectivity index is 2.31. The summed E-state index contributed by atoms with van der Waals surface area (Å²) < 4.78 is 24.6. The van der Waals surface area contributed by atoms with Crippen LogP contribution in [0.4, 0.5) is 0 Å². The van der Waals surface area contributed by atoms with Crippen molar-refractivity contribution in [3.63, 3.8) is 0 Å². The topological polar surface area (TPSA) is 71.4 Å². The zero-order valence-electron chi connectivity index (χ0n) is 9.94. The normalized spacial score (nSPS) is 11.4. The molecule has 0 bridgehead atoms. The van der Waals surface area contributed by atoms with E-state index in [-0.39, 0.29) is 12.2 Å². The zero-order valence-corrected chi connectivity index (χ0v) is 11.6. The first-order chi connectivity index (χ1) is 8.99. The van der Waals surface area contributed by atoms with Crippen molar-refractivity contribution in [3.8, 4) is 0 Å². The highest BCUT2D eigenvalue weighted by molar-refractivity contribution is 7.92. The molecule has 0 aliphatic carbocycles. The van der Waals surface area contributed by atoms with Crippen LogP contribution in [0.5, 0.6) is 0 Å². The van der Waals surface area contributed by atoms with E-state index in [9.17, 15) is 13.2 Å². The molecule has 0 saturated carbocycles. The van der Waals surface area contributed by atoms with E-state index in [2.05, 4.69) is 0 Å². The number of carboxylic acid groups (broad SMARTS) is 1. The molecule has 19 heavy (non-hydrogen) atoms. The third kappa shape index (κ3) is 3.42. The van der Waals surface area contributed by atoms with Crippen LogP contribution in [0.25, 0.3) is 0 Å². The first-order valence-corrected chi connectivity index (χ1v) is 8.07. The second-order valence-corrected chi connectivity index (χ2v) is 7.19. The van der Waals surface area contributed by atoms with Crippen molar-refractivity contribution in [2.75, 3.05) is 0 Å². The Morgan fingerprint density at radius 2 is 1.79 bits per heavy atom. The summed E-state index contributed by atoms with van der Waals surface area (Å²) >= 11 is 1.16. The molecule has 0 atom stereocenters. The molecule has 100 valence electrons. The molecule has 0 unspecified atom stereocenters. The molecule has 0 amide bonds. The Labute approximate surface area is 115 Å². The lowest BCUT2D eigenvalue weighted by atomic mass is 10.1. The van der Waals surface area contributed by atoms with Crippen LogP contribution < -0.4 is 0 Å². The van der Waals surface area contributed by atoms with Gasteiger partial charge < -0.3 is 5.11 Å². The van der Waals surface area contributed by atoms with E-state index >= 15 is 0 Å². The van der Waals surface area contributed by atoms with Crippen molar-refractivity contribution in [1.82, 2.24) is 0 Å². The van der Waals surface area contributed by atoms with Gasteiger partial charge in [0.25, 0.3) is 0 Å². The highest BCUT2D eigenvalue weighted by atomic mass is 32.2. The Morgan fingerprint density at radius 1 is 1.11 bits per heavy atom. The van der Waals surface area contributed by atoms with Crippen LogP contribution in [0.2, 0.25) is 0 Å². The molecule has 1 aromatic heterocycles. The summed E-state index contributed by atoms with van der Waals surface area (Å²) in [6.07, 6.45) is -0.171. The fourth-order valence-electron chi connectivity index (χ4n) is 1.75. The van der Waals surface area contributed by atoms with E-state index in [0.29, 0.717) is 15.3 Å². The summed E-state index contributed by atoms with van der Waals surface area (Å²) in [6.45, 7) is 0. The molecular weight excluding hydrogens is 284 g/mol. The van der Waals surface area contributed by atoms with Crippen molar-refractivity contribution in [1.29, 1.82) is 0 Å². The fourth-order valence-corrected chi connectivity index (χ4v) is 4.25. The van der Waals surface area contributed by atoms with Crippen molar-refractivity contribution < 1.29 is 18.3 Å². The third-order valence-electron chi connectivity index (χ3n) is 2.61. The Kier molecular flexibility index (Phi) is 4.01. The summed E-state index contributed by atoms with van der Waals surface area (Å²) in [4.78, 5) is 10.8. The molecule has 2 aromatic rings. The van der Waals surface area contributed by atoms with Crippen molar-refractivity contribution in [2.45, 2.75) is 16.4 Å². The standard InChI is InChI=1S/C13H12O4S2/c14-12(15)8-10-4-1-2-5-11(10)9-19(16,17)13-6-3-7-18-13/h1-7H,8-9H2,(H,14,15). The number of aliphatic carboxylic acids is 1. The van der Waals surface area contributed by atoms with Crippen LogP contribution >= 0.6 is 11.3 Å². The molecule has 1 N–H and O–H groups in total.